The summed E-state index contributed by atoms with van der Waals surface area (Å²) in [7, 11) is 0. The molecule has 14 heteroatoms. The van der Waals surface area contributed by atoms with Crippen LogP contribution in [0.3, 0.4) is 0 Å². The number of nitrogens with zero attached hydrogens (tertiary/aromatic N) is 3. The van der Waals surface area contributed by atoms with Crippen molar-refractivity contribution in [3.05, 3.63) is 62.5 Å². The van der Waals surface area contributed by atoms with Crippen LogP contribution in [0, 0.1) is 0 Å². The molecular formula is C22H22ClF3N6O3S. The summed E-state index contributed by atoms with van der Waals surface area (Å²) in [6, 6.07) is -0.103. The molecule has 2 heterocycles. The summed E-state index contributed by atoms with van der Waals surface area (Å²) < 4.78 is 39.1. The minimum absolute atomic E-state index is 0.0518. The van der Waals surface area contributed by atoms with E-state index in [1.54, 1.807) is 20.8 Å². The Morgan fingerprint density at radius 2 is 1.97 bits per heavy atom. The third-order valence-corrected chi connectivity index (χ3v) is 5.98. The van der Waals surface area contributed by atoms with E-state index in [2.05, 4.69) is 32.2 Å². The van der Waals surface area contributed by atoms with Crippen LogP contribution in [0.15, 0.2) is 47.0 Å². The summed E-state index contributed by atoms with van der Waals surface area (Å²) in [5.41, 5.74) is 4.14. The molecule has 2 rings (SSSR count). The van der Waals surface area contributed by atoms with Gasteiger partial charge in [-0.3, -0.25) is 19.4 Å². The lowest BCUT2D eigenvalue weighted by Gasteiger charge is -2.14. The Kier molecular flexibility index (Phi) is 9.48. The van der Waals surface area contributed by atoms with Gasteiger partial charge in [0.25, 0.3) is 11.8 Å². The first-order valence-electron chi connectivity index (χ1n) is 10.3. The summed E-state index contributed by atoms with van der Waals surface area (Å²) in [6.07, 6.45) is -1.33. The Hall–Kier alpha value is -3.58. The molecule has 0 radical (unpaired) electrons. The van der Waals surface area contributed by atoms with Crippen LogP contribution in [0.4, 0.5) is 19.0 Å². The molecule has 1 atom stereocenters. The molecule has 0 aliphatic rings. The predicted octanol–water partition coefficient (Wildman–Crippen LogP) is 4.44. The normalized spacial score (nSPS) is 13.2. The van der Waals surface area contributed by atoms with Gasteiger partial charge in [-0.2, -0.15) is 13.2 Å². The highest BCUT2D eigenvalue weighted by molar-refractivity contribution is 7.13. The van der Waals surface area contributed by atoms with Gasteiger partial charge >= 0.3 is 6.18 Å². The quantitative estimate of drug-likeness (QED) is 0.243. The van der Waals surface area contributed by atoms with Gasteiger partial charge in [-0.25, -0.2) is 9.97 Å². The van der Waals surface area contributed by atoms with Crippen molar-refractivity contribution in [3.8, 4) is 0 Å². The fraction of sp³-hybridized carbons (Fsp3) is 0.273. The van der Waals surface area contributed by atoms with E-state index < -0.39 is 40.4 Å². The number of nitrogens with two attached hydrogens (primary N) is 1. The molecule has 0 aliphatic carbocycles. The van der Waals surface area contributed by atoms with Crippen molar-refractivity contribution in [2.75, 3.05) is 5.32 Å². The molecule has 4 N–H and O–H groups in total. The number of amides is 2. The minimum Gasteiger partial charge on any atom is -0.399 e. The van der Waals surface area contributed by atoms with Crippen LogP contribution < -0.4 is 16.4 Å². The molecule has 0 saturated heterocycles. The monoisotopic (exact) mass is 542 g/mol. The largest absolute Gasteiger partial charge is 0.418 e. The maximum absolute atomic E-state index is 13.0. The van der Waals surface area contributed by atoms with E-state index in [4.69, 9.17) is 17.3 Å². The number of carbonyl (C=O) groups is 3. The van der Waals surface area contributed by atoms with Crippen molar-refractivity contribution in [1.29, 1.82) is 0 Å². The maximum atomic E-state index is 13.0. The average molecular weight is 543 g/mol. The number of thiazole rings is 1. The summed E-state index contributed by atoms with van der Waals surface area (Å²) in [4.78, 5) is 49.5. The van der Waals surface area contributed by atoms with Crippen molar-refractivity contribution in [3.63, 3.8) is 0 Å². The minimum atomic E-state index is -4.72. The second-order valence-corrected chi connectivity index (χ2v) is 8.64. The molecule has 0 bridgehead atoms. The first-order valence-corrected chi connectivity index (χ1v) is 11.5. The van der Waals surface area contributed by atoms with Gasteiger partial charge in [0.05, 0.1) is 28.4 Å². The smallest absolute Gasteiger partial charge is 0.399 e. The number of carbonyl (C=O) groups excluding carboxylic acids is 3. The Balaban J connectivity index is 2.22. The molecule has 0 spiro atoms. The lowest BCUT2D eigenvalue weighted by atomic mass is 10.0. The molecule has 0 aromatic carbocycles. The van der Waals surface area contributed by atoms with E-state index in [-0.39, 0.29) is 34.1 Å². The predicted molar refractivity (Wildman–Crippen MR) is 131 cm³/mol. The number of allylic oxidation sites excluding steroid dienone is 1. The van der Waals surface area contributed by atoms with E-state index in [1.165, 1.54) is 12.4 Å². The third-order valence-electron chi connectivity index (χ3n) is 4.50. The summed E-state index contributed by atoms with van der Waals surface area (Å²) in [5.74, 6) is -2.24. The van der Waals surface area contributed by atoms with Gasteiger partial charge in [0.1, 0.15) is 21.4 Å². The molecule has 192 valence electrons. The van der Waals surface area contributed by atoms with Crippen molar-refractivity contribution < 1.29 is 27.6 Å². The van der Waals surface area contributed by atoms with E-state index in [0.29, 0.717) is 11.1 Å². The number of ketones is 1. The molecular weight excluding hydrogens is 521 g/mol. The number of aromatic nitrogens is 2. The lowest BCUT2D eigenvalue weighted by molar-refractivity contribution is -0.137. The van der Waals surface area contributed by atoms with Gasteiger partial charge < -0.3 is 16.4 Å². The van der Waals surface area contributed by atoms with Crippen LogP contribution >= 0.6 is 22.9 Å². The first-order chi connectivity index (χ1) is 16.8. The number of nitrogens with one attached hydrogen (secondary N) is 2. The molecule has 36 heavy (non-hydrogen) atoms. The number of aliphatic imine (C=N–C) groups is 1. The maximum Gasteiger partial charge on any atom is 0.418 e. The van der Waals surface area contributed by atoms with Crippen molar-refractivity contribution in [2.24, 2.45) is 10.7 Å². The fourth-order valence-corrected chi connectivity index (χ4v) is 3.85. The number of halogens is 4. The number of anilines is 1. The van der Waals surface area contributed by atoms with Crippen LogP contribution in [0.2, 0.25) is 5.02 Å². The molecule has 0 saturated carbocycles. The fourth-order valence-electron chi connectivity index (χ4n) is 2.83. The van der Waals surface area contributed by atoms with E-state index in [1.807, 2.05) is 0 Å². The second kappa shape index (κ2) is 11.9. The summed E-state index contributed by atoms with van der Waals surface area (Å²) in [5, 5.41) is 4.60. The standard InChI is InChI=1S/C22H22ClF3N6O3S/c1-5-14(33)17(10(3)27)18(28-6-2)20(35)31-11(4)21-30-9-15(36-21)19(34)32-16-7-12(22(24,25)26)13(23)8-29-16/h6-9,11H,3,5,27H2,1-2,4H3,(H,31,35)(H,29,32,34)/b18-17+,28-6?. The highest BCUT2D eigenvalue weighted by atomic mass is 35.5. The van der Waals surface area contributed by atoms with Crippen LogP contribution in [-0.2, 0) is 15.8 Å². The van der Waals surface area contributed by atoms with Crippen molar-refractivity contribution in [1.82, 2.24) is 15.3 Å². The number of rotatable bonds is 9. The number of hydrogen-bond acceptors (Lipinski definition) is 8. The number of Topliss-reactive ketones (excluding diaryl/α,β-unsaturated/α-hetero) is 1. The molecule has 2 amide bonds. The Morgan fingerprint density at radius 1 is 1.31 bits per heavy atom. The molecule has 9 nitrogen and oxygen atoms in total. The molecule has 2 aromatic heterocycles. The van der Waals surface area contributed by atoms with E-state index in [0.717, 1.165) is 17.5 Å². The lowest BCUT2D eigenvalue weighted by Crippen LogP contribution is -2.30. The highest BCUT2D eigenvalue weighted by Gasteiger charge is 2.34. The Labute approximate surface area is 213 Å². The van der Waals surface area contributed by atoms with Crippen LogP contribution in [0.25, 0.3) is 0 Å². The zero-order chi connectivity index (χ0) is 27.2. The molecule has 2 aromatic rings. The zero-order valence-electron chi connectivity index (χ0n) is 19.4. The van der Waals surface area contributed by atoms with E-state index in [9.17, 15) is 27.6 Å². The molecule has 0 aliphatic heterocycles. The van der Waals surface area contributed by atoms with Crippen molar-refractivity contribution >= 4 is 52.6 Å². The second-order valence-electron chi connectivity index (χ2n) is 7.17. The van der Waals surface area contributed by atoms with Gasteiger partial charge in [0.2, 0.25) is 0 Å². The zero-order valence-corrected chi connectivity index (χ0v) is 20.9. The van der Waals surface area contributed by atoms with E-state index >= 15 is 0 Å². The molecule has 1 unspecified atom stereocenters. The van der Waals surface area contributed by atoms with Gasteiger partial charge in [-0.15, -0.1) is 11.3 Å². The third kappa shape index (κ3) is 6.98. The number of alkyl halides is 3. The van der Waals surface area contributed by atoms with Gasteiger partial charge in [0, 0.05) is 24.5 Å². The van der Waals surface area contributed by atoms with Gasteiger partial charge in [-0.1, -0.05) is 25.1 Å². The summed E-state index contributed by atoms with van der Waals surface area (Å²) in [6.45, 7) is 8.29. The van der Waals surface area contributed by atoms with Gasteiger partial charge in [0.15, 0.2) is 5.78 Å². The SMILES string of the molecule is C=C(N)/C(C(=O)CC)=C(\N=CC)C(=O)NC(C)c1ncc(C(=O)Nc2cc(C(F)(F)F)c(Cl)cn2)s1. The average Bonchev–Trinajstić information content (AvgIpc) is 3.29. The summed E-state index contributed by atoms with van der Waals surface area (Å²) >= 11 is 6.43. The first kappa shape index (κ1) is 28.7. The van der Waals surface area contributed by atoms with Crippen LogP contribution in [-0.4, -0.2) is 33.8 Å². The Bertz CT molecular complexity index is 1260. The number of hydrogen-bond donors (Lipinski definition) is 3. The van der Waals surface area contributed by atoms with Crippen LogP contribution in [0.1, 0.15) is 53.5 Å². The number of pyridine rings is 1. The topological polar surface area (TPSA) is 139 Å². The highest BCUT2D eigenvalue weighted by Crippen LogP contribution is 2.35. The van der Waals surface area contributed by atoms with Crippen molar-refractivity contribution in [2.45, 2.75) is 39.4 Å². The van der Waals surface area contributed by atoms with Gasteiger partial charge in [-0.05, 0) is 19.9 Å². The Morgan fingerprint density at radius 3 is 2.53 bits per heavy atom. The molecule has 0 fully saturated rings. The van der Waals surface area contributed by atoms with Crippen LogP contribution in [0.5, 0.6) is 0 Å².